The molecule has 1 unspecified atom stereocenters. The van der Waals surface area contributed by atoms with E-state index in [9.17, 15) is 0 Å². The van der Waals surface area contributed by atoms with Crippen molar-refractivity contribution >= 4 is 27.3 Å². The Bertz CT molecular complexity index is 535. The molecular weight excluding hydrogens is 330 g/mol. The fourth-order valence-corrected chi connectivity index (χ4v) is 4.02. The van der Waals surface area contributed by atoms with Crippen molar-refractivity contribution < 1.29 is 0 Å². The Hall–Kier alpha value is -0.640. The predicted octanol–water partition coefficient (Wildman–Crippen LogP) is 5.36. The molecule has 3 heteroatoms. The van der Waals surface area contributed by atoms with E-state index in [2.05, 4.69) is 70.8 Å². The summed E-state index contributed by atoms with van der Waals surface area (Å²) in [5.41, 5.74) is 2.90. The second-order valence-electron chi connectivity index (χ2n) is 4.95. The van der Waals surface area contributed by atoms with Gasteiger partial charge in [-0.2, -0.15) is 0 Å². The van der Waals surface area contributed by atoms with Crippen molar-refractivity contribution in [3.05, 3.63) is 56.2 Å². The average molecular weight is 352 g/mol. The van der Waals surface area contributed by atoms with E-state index in [1.54, 1.807) is 0 Å². The Morgan fingerprint density at radius 3 is 2.65 bits per heavy atom. The van der Waals surface area contributed by atoms with Crippen LogP contribution in [0.15, 0.2) is 40.2 Å². The quantitative estimate of drug-likeness (QED) is 0.708. The van der Waals surface area contributed by atoms with E-state index in [4.69, 9.17) is 0 Å². The molecule has 1 aromatic carbocycles. The summed E-state index contributed by atoms with van der Waals surface area (Å²) in [5.74, 6) is 0. The van der Waals surface area contributed by atoms with Gasteiger partial charge in [-0.1, -0.05) is 38.1 Å². The molecule has 0 spiro atoms. The third-order valence-corrected chi connectivity index (χ3v) is 5.48. The van der Waals surface area contributed by atoms with Crippen LogP contribution >= 0.6 is 27.3 Å². The lowest BCUT2D eigenvalue weighted by molar-refractivity contribution is 0.528. The Kier molecular flexibility index (Phi) is 6.27. The summed E-state index contributed by atoms with van der Waals surface area (Å²) in [4.78, 5) is 1.42. The highest BCUT2D eigenvalue weighted by molar-refractivity contribution is 9.10. The maximum absolute atomic E-state index is 3.71. The maximum atomic E-state index is 3.71. The number of hydrogen-bond donors (Lipinski definition) is 1. The molecule has 0 amide bonds. The molecule has 108 valence electrons. The van der Waals surface area contributed by atoms with Crippen molar-refractivity contribution in [3.63, 3.8) is 0 Å². The monoisotopic (exact) mass is 351 g/mol. The van der Waals surface area contributed by atoms with Gasteiger partial charge in [-0.25, -0.2) is 0 Å². The zero-order chi connectivity index (χ0) is 14.4. The van der Waals surface area contributed by atoms with Crippen LogP contribution in [-0.2, 0) is 12.8 Å². The SMILES string of the molecule is CCCNC(Cc1sccc1Br)c1ccccc1CC. The summed E-state index contributed by atoms with van der Waals surface area (Å²) in [7, 11) is 0. The lowest BCUT2D eigenvalue weighted by Crippen LogP contribution is -2.25. The fourth-order valence-electron chi connectivity index (χ4n) is 2.46. The van der Waals surface area contributed by atoms with Crippen LogP contribution in [0.25, 0.3) is 0 Å². The summed E-state index contributed by atoms with van der Waals surface area (Å²) in [6.07, 6.45) is 3.30. The van der Waals surface area contributed by atoms with Gasteiger partial charge in [0.2, 0.25) is 0 Å². The lowest BCUT2D eigenvalue weighted by Gasteiger charge is -2.21. The minimum atomic E-state index is 0.404. The highest BCUT2D eigenvalue weighted by Crippen LogP contribution is 2.29. The highest BCUT2D eigenvalue weighted by atomic mass is 79.9. The standard InChI is InChI=1S/C17H22BrNS/c1-3-10-19-16(12-17-15(18)9-11-20-17)14-8-6-5-7-13(14)4-2/h5-9,11,16,19H,3-4,10,12H2,1-2H3. The Labute approximate surface area is 134 Å². The van der Waals surface area contributed by atoms with Crippen LogP contribution in [0.1, 0.15) is 42.3 Å². The van der Waals surface area contributed by atoms with Crippen LogP contribution in [0.5, 0.6) is 0 Å². The van der Waals surface area contributed by atoms with E-state index in [-0.39, 0.29) is 0 Å². The summed E-state index contributed by atoms with van der Waals surface area (Å²) in [6, 6.07) is 11.4. The molecule has 0 aliphatic heterocycles. The molecule has 1 heterocycles. The van der Waals surface area contributed by atoms with Gasteiger partial charge in [0.05, 0.1) is 0 Å². The van der Waals surface area contributed by atoms with E-state index in [1.165, 1.54) is 20.5 Å². The molecule has 2 aromatic rings. The molecule has 1 nitrogen and oxygen atoms in total. The van der Waals surface area contributed by atoms with Gasteiger partial charge < -0.3 is 5.32 Å². The number of aryl methyl sites for hydroxylation is 1. The van der Waals surface area contributed by atoms with Gasteiger partial charge in [0, 0.05) is 21.8 Å². The van der Waals surface area contributed by atoms with E-state index >= 15 is 0 Å². The first kappa shape index (κ1) is 15.7. The largest absolute Gasteiger partial charge is 0.310 e. The van der Waals surface area contributed by atoms with Crippen molar-refractivity contribution in [2.75, 3.05) is 6.54 Å². The molecule has 0 saturated carbocycles. The normalized spacial score (nSPS) is 12.6. The number of thiophene rings is 1. The first-order valence-corrected chi connectivity index (χ1v) is 8.96. The predicted molar refractivity (Wildman–Crippen MR) is 92.6 cm³/mol. The van der Waals surface area contributed by atoms with Crippen LogP contribution in [0, 0.1) is 0 Å². The topological polar surface area (TPSA) is 12.0 Å². The van der Waals surface area contributed by atoms with Crippen molar-refractivity contribution in [1.82, 2.24) is 5.32 Å². The molecule has 0 saturated heterocycles. The highest BCUT2D eigenvalue weighted by Gasteiger charge is 2.16. The molecule has 0 fully saturated rings. The van der Waals surface area contributed by atoms with Crippen LogP contribution in [0.2, 0.25) is 0 Å². The number of rotatable bonds is 7. The third kappa shape index (κ3) is 3.94. The van der Waals surface area contributed by atoms with E-state index in [0.29, 0.717) is 6.04 Å². The molecular formula is C17H22BrNS. The molecule has 2 rings (SSSR count). The van der Waals surface area contributed by atoms with Crippen LogP contribution in [0.4, 0.5) is 0 Å². The zero-order valence-electron chi connectivity index (χ0n) is 12.2. The molecule has 20 heavy (non-hydrogen) atoms. The molecule has 1 aromatic heterocycles. The molecule has 1 N–H and O–H groups in total. The molecule has 0 radical (unpaired) electrons. The average Bonchev–Trinajstić information content (AvgIpc) is 2.88. The van der Waals surface area contributed by atoms with Gasteiger partial charge in [-0.15, -0.1) is 11.3 Å². The summed E-state index contributed by atoms with van der Waals surface area (Å²) >= 11 is 5.49. The van der Waals surface area contributed by atoms with Gasteiger partial charge in [-0.3, -0.25) is 0 Å². The van der Waals surface area contributed by atoms with Gasteiger partial charge >= 0.3 is 0 Å². The van der Waals surface area contributed by atoms with Crippen molar-refractivity contribution in [2.24, 2.45) is 0 Å². The van der Waals surface area contributed by atoms with E-state index in [1.807, 2.05) is 11.3 Å². The maximum Gasteiger partial charge on any atom is 0.0371 e. The van der Waals surface area contributed by atoms with Crippen LogP contribution in [-0.4, -0.2) is 6.54 Å². The zero-order valence-corrected chi connectivity index (χ0v) is 14.6. The Balaban J connectivity index is 2.24. The van der Waals surface area contributed by atoms with Gasteiger partial charge in [0.15, 0.2) is 0 Å². The minimum absolute atomic E-state index is 0.404. The number of hydrogen-bond acceptors (Lipinski definition) is 2. The number of benzene rings is 1. The Morgan fingerprint density at radius 2 is 2.00 bits per heavy atom. The minimum Gasteiger partial charge on any atom is -0.310 e. The van der Waals surface area contributed by atoms with Gasteiger partial charge in [0.1, 0.15) is 0 Å². The third-order valence-electron chi connectivity index (χ3n) is 3.53. The van der Waals surface area contributed by atoms with Crippen molar-refractivity contribution in [1.29, 1.82) is 0 Å². The molecule has 0 aliphatic carbocycles. The number of nitrogens with one attached hydrogen (secondary N) is 1. The summed E-state index contributed by atoms with van der Waals surface area (Å²) in [5, 5.41) is 5.87. The molecule has 1 atom stereocenters. The molecule has 0 aliphatic rings. The van der Waals surface area contributed by atoms with Gasteiger partial charge in [-0.05, 0) is 57.9 Å². The second-order valence-corrected chi connectivity index (χ2v) is 6.81. The second kappa shape index (κ2) is 7.96. The van der Waals surface area contributed by atoms with E-state index < -0.39 is 0 Å². The smallest absolute Gasteiger partial charge is 0.0371 e. The van der Waals surface area contributed by atoms with Crippen LogP contribution in [0.3, 0.4) is 0 Å². The van der Waals surface area contributed by atoms with Gasteiger partial charge in [0.25, 0.3) is 0 Å². The first-order chi connectivity index (χ1) is 9.76. The van der Waals surface area contributed by atoms with Crippen molar-refractivity contribution in [3.8, 4) is 0 Å². The number of halogens is 1. The Morgan fingerprint density at radius 1 is 1.20 bits per heavy atom. The summed E-state index contributed by atoms with van der Waals surface area (Å²) in [6.45, 7) is 5.51. The van der Waals surface area contributed by atoms with E-state index in [0.717, 1.165) is 25.8 Å². The van der Waals surface area contributed by atoms with Crippen molar-refractivity contribution in [2.45, 2.75) is 39.2 Å². The fraction of sp³-hybridized carbons (Fsp3) is 0.412. The van der Waals surface area contributed by atoms with Crippen LogP contribution < -0.4 is 5.32 Å². The first-order valence-electron chi connectivity index (χ1n) is 7.29. The lowest BCUT2D eigenvalue weighted by atomic mass is 9.96. The summed E-state index contributed by atoms with van der Waals surface area (Å²) < 4.78 is 1.24. The molecule has 0 bridgehead atoms.